The second kappa shape index (κ2) is 9.70. The van der Waals surface area contributed by atoms with E-state index in [1.165, 1.54) is 28.5 Å². The number of hydrogen-bond acceptors (Lipinski definition) is 1. The number of halogens is 1. The van der Waals surface area contributed by atoms with E-state index in [0.29, 0.717) is 12.0 Å². The lowest BCUT2D eigenvalue weighted by atomic mass is 9.89. The maximum atomic E-state index is 13.2. The summed E-state index contributed by atoms with van der Waals surface area (Å²) < 4.78 is 15.7. The first kappa shape index (κ1) is 21.0. The summed E-state index contributed by atoms with van der Waals surface area (Å²) in [6, 6.07) is 29.3. The first-order valence-corrected chi connectivity index (χ1v) is 11.9. The van der Waals surface area contributed by atoms with Crippen LogP contribution in [0.25, 0.3) is 10.9 Å². The van der Waals surface area contributed by atoms with Crippen LogP contribution in [-0.4, -0.2) is 29.1 Å². The smallest absolute Gasteiger partial charge is 0.123 e. The fourth-order valence-electron chi connectivity index (χ4n) is 5.25. The number of para-hydroxylation sites is 1. The van der Waals surface area contributed by atoms with Gasteiger partial charge in [-0.05, 0) is 92.0 Å². The molecule has 0 radical (unpaired) electrons. The summed E-state index contributed by atoms with van der Waals surface area (Å²) >= 11 is 0. The minimum Gasteiger partial charge on any atom is -0.340 e. The molecule has 1 fully saturated rings. The maximum Gasteiger partial charge on any atom is 0.123 e. The third kappa shape index (κ3) is 4.63. The second-order valence-electron chi connectivity index (χ2n) is 9.02. The van der Waals surface area contributed by atoms with E-state index in [4.69, 9.17) is 0 Å². The predicted octanol–water partition coefficient (Wildman–Crippen LogP) is 7.03. The van der Waals surface area contributed by atoms with Gasteiger partial charge in [-0.25, -0.2) is 4.39 Å². The summed E-state index contributed by atoms with van der Waals surface area (Å²) in [6.45, 7) is 3.40. The van der Waals surface area contributed by atoms with Crippen molar-refractivity contribution in [3.05, 3.63) is 108 Å². The Morgan fingerprint density at radius 3 is 2.31 bits per heavy atom. The molecule has 0 aliphatic carbocycles. The fraction of sp³-hybridized carbons (Fsp3) is 0.310. The molecule has 1 aliphatic rings. The van der Waals surface area contributed by atoms with E-state index >= 15 is 0 Å². The molecule has 0 amide bonds. The van der Waals surface area contributed by atoms with E-state index < -0.39 is 0 Å². The van der Waals surface area contributed by atoms with Crippen molar-refractivity contribution < 1.29 is 4.39 Å². The van der Waals surface area contributed by atoms with Crippen LogP contribution in [0.1, 0.15) is 48.8 Å². The summed E-state index contributed by atoms with van der Waals surface area (Å²) in [6.07, 6.45) is 6.87. The zero-order valence-electron chi connectivity index (χ0n) is 18.5. The van der Waals surface area contributed by atoms with Crippen LogP contribution in [0, 0.1) is 5.82 Å². The number of benzene rings is 3. The average Bonchev–Trinajstić information content (AvgIpc) is 3.27. The van der Waals surface area contributed by atoms with Crippen molar-refractivity contribution in [2.45, 2.75) is 37.6 Å². The summed E-state index contributed by atoms with van der Waals surface area (Å²) in [4.78, 5) is 2.61. The highest BCUT2D eigenvalue weighted by Crippen LogP contribution is 2.31. The standard InChI is InChI=1S/C29H31FN2/c30-27-14-12-23(13-15-27)24-16-20-31(21-17-24)19-6-11-29(25-7-2-1-3-8-25)32-22-18-26-9-4-5-10-28(26)32/h1-5,7-10,12-15,18,22,24,29H,6,11,16-17,19-21H2. The zero-order chi connectivity index (χ0) is 21.8. The summed E-state index contributed by atoms with van der Waals surface area (Å²) in [5.74, 6) is 0.421. The molecular weight excluding hydrogens is 395 g/mol. The van der Waals surface area contributed by atoms with Gasteiger partial charge in [0.1, 0.15) is 5.82 Å². The first-order valence-electron chi connectivity index (χ1n) is 11.9. The average molecular weight is 427 g/mol. The lowest BCUT2D eigenvalue weighted by Gasteiger charge is -2.32. The molecule has 1 saturated heterocycles. The molecule has 0 bridgehead atoms. The zero-order valence-corrected chi connectivity index (χ0v) is 18.5. The van der Waals surface area contributed by atoms with E-state index in [0.717, 1.165) is 38.9 Å². The minimum absolute atomic E-state index is 0.144. The largest absolute Gasteiger partial charge is 0.340 e. The molecule has 0 saturated carbocycles. The summed E-state index contributed by atoms with van der Waals surface area (Å²) in [5.41, 5.74) is 3.97. The number of piperidine rings is 1. The van der Waals surface area contributed by atoms with Crippen LogP contribution < -0.4 is 0 Å². The minimum atomic E-state index is -0.144. The molecule has 1 atom stereocenters. The molecule has 32 heavy (non-hydrogen) atoms. The van der Waals surface area contributed by atoms with E-state index in [-0.39, 0.29) is 5.82 Å². The lowest BCUT2D eigenvalue weighted by Crippen LogP contribution is -2.34. The molecule has 1 aliphatic heterocycles. The molecule has 2 nitrogen and oxygen atoms in total. The van der Waals surface area contributed by atoms with E-state index in [2.05, 4.69) is 76.3 Å². The Morgan fingerprint density at radius 1 is 0.812 bits per heavy atom. The highest BCUT2D eigenvalue weighted by molar-refractivity contribution is 5.80. The molecule has 3 aromatic carbocycles. The Kier molecular flexibility index (Phi) is 6.36. The molecule has 0 N–H and O–H groups in total. The quantitative estimate of drug-likeness (QED) is 0.308. The van der Waals surface area contributed by atoms with Gasteiger partial charge in [0.2, 0.25) is 0 Å². The predicted molar refractivity (Wildman–Crippen MR) is 131 cm³/mol. The van der Waals surface area contributed by atoms with Gasteiger partial charge >= 0.3 is 0 Å². The van der Waals surface area contributed by atoms with E-state index in [9.17, 15) is 4.39 Å². The van der Waals surface area contributed by atoms with Crippen LogP contribution in [0.2, 0.25) is 0 Å². The molecule has 5 rings (SSSR count). The molecule has 3 heteroatoms. The van der Waals surface area contributed by atoms with Gasteiger partial charge in [-0.2, -0.15) is 0 Å². The Bertz CT molecular complexity index is 1120. The van der Waals surface area contributed by atoms with Crippen LogP contribution >= 0.6 is 0 Å². The Hall–Kier alpha value is -2.91. The Morgan fingerprint density at radius 2 is 1.53 bits per heavy atom. The van der Waals surface area contributed by atoms with Crippen molar-refractivity contribution in [1.29, 1.82) is 0 Å². The second-order valence-corrected chi connectivity index (χ2v) is 9.02. The molecule has 2 heterocycles. The van der Waals surface area contributed by atoms with Gasteiger partial charge in [-0.15, -0.1) is 0 Å². The van der Waals surface area contributed by atoms with Crippen molar-refractivity contribution >= 4 is 10.9 Å². The maximum absolute atomic E-state index is 13.2. The lowest BCUT2D eigenvalue weighted by molar-refractivity contribution is 0.206. The molecule has 1 aromatic heterocycles. The van der Waals surface area contributed by atoms with Gasteiger partial charge in [0.25, 0.3) is 0 Å². The van der Waals surface area contributed by atoms with Crippen molar-refractivity contribution in [3.63, 3.8) is 0 Å². The number of fused-ring (bicyclic) bond motifs is 1. The molecule has 164 valence electrons. The number of nitrogens with zero attached hydrogens (tertiary/aromatic N) is 2. The third-order valence-corrected chi connectivity index (χ3v) is 7.03. The topological polar surface area (TPSA) is 8.17 Å². The molecule has 1 unspecified atom stereocenters. The Labute approximate surface area is 190 Å². The highest BCUT2D eigenvalue weighted by Gasteiger charge is 2.21. The van der Waals surface area contributed by atoms with Gasteiger partial charge in [-0.3, -0.25) is 0 Å². The molecule has 4 aromatic rings. The summed E-state index contributed by atoms with van der Waals surface area (Å²) in [5, 5.41) is 1.30. The van der Waals surface area contributed by atoms with E-state index in [1.807, 2.05) is 12.1 Å². The van der Waals surface area contributed by atoms with Crippen LogP contribution in [0.15, 0.2) is 91.1 Å². The first-order chi connectivity index (χ1) is 15.8. The number of rotatable bonds is 7. The number of hydrogen-bond donors (Lipinski definition) is 0. The number of likely N-dealkylation sites (tertiary alicyclic amines) is 1. The Balaban J connectivity index is 1.22. The number of aromatic nitrogens is 1. The highest BCUT2D eigenvalue weighted by atomic mass is 19.1. The van der Waals surface area contributed by atoms with Gasteiger partial charge in [-0.1, -0.05) is 60.7 Å². The SMILES string of the molecule is Fc1ccc(C2CCN(CCCC(c3ccccc3)n3ccc4ccccc43)CC2)cc1. The van der Waals surface area contributed by atoms with Crippen LogP contribution in [-0.2, 0) is 0 Å². The molecule has 0 spiro atoms. The van der Waals surface area contributed by atoms with Crippen molar-refractivity contribution in [2.24, 2.45) is 0 Å². The van der Waals surface area contributed by atoms with Crippen LogP contribution in [0.3, 0.4) is 0 Å². The van der Waals surface area contributed by atoms with Crippen LogP contribution in [0.4, 0.5) is 4.39 Å². The van der Waals surface area contributed by atoms with Gasteiger partial charge in [0, 0.05) is 11.7 Å². The van der Waals surface area contributed by atoms with Crippen molar-refractivity contribution in [3.8, 4) is 0 Å². The normalized spacial score (nSPS) is 16.4. The molecular formula is C29H31FN2. The van der Waals surface area contributed by atoms with Crippen molar-refractivity contribution in [2.75, 3.05) is 19.6 Å². The van der Waals surface area contributed by atoms with E-state index in [1.54, 1.807) is 12.1 Å². The van der Waals surface area contributed by atoms with Crippen LogP contribution in [0.5, 0.6) is 0 Å². The summed E-state index contributed by atoms with van der Waals surface area (Å²) in [7, 11) is 0. The third-order valence-electron chi connectivity index (χ3n) is 7.03. The van der Waals surface area contributed by atoms with Gasteiger partial charge in [0.05, 0.1) is 6.04 Å². The van der Waals surface area contributed by atoms with Gasteiger partial charge in [0.15, 0.2) is 0 Å². The van der Waals surface area contributed by atoms with Crippen molar-refractivity contribution in [1.82, 2.24) is 9.47 Å². The monoisotopic (exact) mass is 426 g/mol. The fourth-order valence-corrected chi connectivity index (χ4v) is 5.25. The van der Waals surface area contributed by atoms with Gasteiger partial charge < -0.3 is 9.47 Å².